The molecule has 0 saturated heterocycles. The van der Waals surface area contributed by atoms with Crippen LogP contribution in [-0.4, -0.2) is 24.3 Å². The van der Waals surface area contributed by atoms with E-state index in [-0.39, 0.29) is 18.1 Å². The highest BCUT2D eigenvalue weighted by molar-refractivity contribution is 5.28. The van der Waals surface area contributed by atoms with Crippen molar-refractivity contribution in [3.63, 3.8) is 0 Å². The smallest absolute Gasteiger partial charge is 0.0587 e. The van der Waals surface area contributed by atoms with Crippen molar-refractivity contribution in [2.75, 3.05) is 13.2 Å². The summed E-state index contributed by atoms with van der Waals surface area (Å²) in [6.45, 7) is 12.0. The number of hydrogen-bond acceptors (Lipinski definition) is 2. The van der Waals surface area contributed by atoms with Gasteiger partial charge in [0, 0.05) is 18.0 Å². The predicted octanol–water partition coefficient (Wildman–Crippen LogP) is 3.13. The number of rotatable bonds is 7. The number of hydrogen-bond donors (Lipinski definition) is 2. The summed E-state index contributed by atoms with van der Waals surface area (Å²) in [7, 11) is 0. The molecule has 0 aliphatic carbocycles. The molecule has 0 aromatic heterocycles. The Labute approximate surface area is 118 Å². The van der Waals surface area contributed by atoms with Crippen LogP contribution in [0.2, 0.25) is 0 Å². The minimum atomic E-state index is 0.0780. The van der Waals surface area contributed by atoms with E-state index in [1.807, 2.05) is 0 Å². The Balaban J connectivity index is 2.68. The quantitative estimate of drug-likeness (QED) is 0.792. The first-order valence-electron chi connectivity index (χ1n) is 7.34. The Morgan fingerprint density at radius 2 is 1.74 bits per heavy atom. The second-order valence-corrected chi connectivity index (χ2v) is 6.35. The van der Waals surface area contributed by atoms with E-state index in [1.165, 1.54) is 11.1 Å². The fourth-order valence-electron chi connectivity index (χ4n) is 2.19. The highest BCUT2D eigenvalue weighted by Gasteiger charge is 2.22. The van der Waals surface area contributed by atoms with Crippen LogP contribution < -0.4 is 5.32 Å². The third kappa shape index (κ3) is 4.63. The fraction of sp³-hybridized carbons (Fsp3) is 0.647. The normalized spacial score (nSPS) is 13.8. The summed E-state index contributed by atoms with van der Waals surface area (Å²) in [4.78, 5) is 0. The number of aryl methyl sites for hydroxylation is 1. The molecule has 2 N–H and O–H groups in total. The second-order valence-electron chi connectivity index (χ2n) is 6.35. The molecule has 1 rings (SSSR count). The minimum absolute atomic E-state index is 0.0780. The molecule has 2 heteroatoms. The molecule has 2 nitrogen and oxygen atoms in total. The molecule has 108 valence electrons. The van der Waals surface area contributed by atoms with Gasteiger partial charge >= 0.3 is 0 Å². The predicted molar refractivity (Wildman–Crippen MR) is 82.6 cm³/mol. The van der Waals surface area contributed by atoms with E-state index in [0.29, 0.717) is 5.92 Å². The van der Waals surface area contributed by atoms with E-state index in [2.05, 4.69) is 64.2 Å². The molecule has 1 atom stereocenters. The van der Waals surface area contributed by atoms with Gasteiger partial charge in [-0.05, 0) is 23.5 Å². The van der Waals surface area contributed by atoms with E-state index < -0.39 is 0 Å². The van der Waals surface area contributed by atoms with Crippen LogP contribution >= 0.6 is 0 Å². The Morgan fingerprint density at radius 3 is 2.16 bits per heavy atom. The van der Waals surface area contributed by atoms with Crippen LogP contribution in [0.25, 0.3) is 0 Å². The van der Waals surface area contributed by atoms with Crippen molar-refractivity contribution in [2.24, 2.45) is 5.92 Å². The van der Waals surface area contributed by atoms with Crippen molar-refractivity contribution < 1.29 is 5.11 Å². The summed E-state index contributed by atoms with van der Waals surface area (Å²) >= 11 is 0. The average molecular weight is 263 g/mol. The lowest BCUT2D eigenvalue weighted by molar-refractivity contribution is 0.204. The molecule has 0 heterocycles. The first-order valence-corrected chi connectivity index (χ1v) is 7.34. The van der Waals surface area contributed by atoms with Crippen molar-refractivity contribution in [1.29, 1.82) is 0 Å². The molecule has 0 aliphatic heterocycles. The van der Waals surface area contributed by atoms with Crippen LogP contribution in [0.1, 0.15) is 45.7 Å². The lowest BCUT2D eigenvalue weighted by Gasteiger charge is -2.30. The lowest BCUT2D eigenvalue weighted by atomic mass is 9.83. The van der Waals surface area contributed by atoms with Crippen molar-refractivity contribution in [3.05, 3.63) is 35.4 Å². The van der Waals surface area contributed by atoms with Gasteiger partial charge in [0.25, 0.3) is 0 Å². The van der Waals surface area contributed by atoms with Gasteiger partial charge in [-0.15, -0.1) is 0 Å². The zero-order valence-electron chi connectivity index (χ0n) is 13.0. The van der Waals surface area contributed by atoms with Crippen molar-refractivity contribution in [3.8, 4) is 0 Å². The van der Waals surface area contributed by atoms with Crippen LogP contribution in [0.15, 0.2) is 24.3 Å². The molecule has 0 bridgehead atoms. The van der Waals surface area contributed by atoms with Crippen molar-refractivity contribution in [1.82, 2.24) is 5.32 Å². The van der Waals surface area contributed by atoms with Gasteiger partial charge in [0.1, 0.15) is 0 Å². The molecule has 0 amide bonds. The van der Waals surface area contributed by atoms with Gasteiger partial charge in [0.05, 0.1) is 6.61 Å². The first-order chi connectivity index (χ1) is 8.90. The summed E-state index contributed by atoms with van der Waals surface area (Å²) in [5.41, 5.74) is 2.80. The van der Waals surface area contributed by atoms with Crippen LogP contribution in [0, 0.1) is 5.92 Å². The maximum atomic E-state index is 9.37. The molecule has 0 spiro atoms. The number of nitrogens with one attached hydrogen (secondary N) is 1. The van der Waals surface area contributed by atoms with E-state index in [4.69, 9.17) is 0 Å². The molecular weight excluding hydrogens is 234 g/mol. The van der Waals surface area contributed by atoms with Crippen LogP contribution in [0.4, 0.5) is 0 Å². The Morgan fingerprint density at radius 1 is 1.16 bits per heavy atom. The molecule has 19 heavy (non-hydrogen) atoms. The standard InChI is InChI=1S/C17H29NO/c1-6-14-7-9-15(10-8-14)17(4,5)12-18-16(11-19)13(2)3/h7-10,13,16,18-19H,6,11-12H2,1-5H3. The molecule has 0 fully saturated rings. The molecule has 1 aromatic rings. The van der Waals surface area contributed by atoms with E-state index in [1.54, 1.807) is 0 Å². The van der Waals surface area contributed by atoms with Gasteiger partial charge in [-0.25, -0.2) is 0 Å². The molecule has 0 radical (unpaired) electrons. The highest BCUT2D eigenvalue weighted by atomic mass is 16.3. The molecule has 1 aromatic carbocycles. The fourth-order valence-corrected chi connectivity index (χ4v) is 2.19. The van der Waals surface area contributed by atoms with E-state index in [9.17, 15) is 5.11 Å². The lowest BCUT2D eigenvalue weighted by Crippen LogP contribution is -2.43. The van der Waals surface area contributed by atoms with Crippen LogP contribution in [0.5, 0.6) is 0 Å². The Hall–Kier alpha value is -0.860. The molecule has 0 saturated carbocycles. The molecule has 1 unspecified atom stereocenters. The third-order valence-corrected chi connectivity index (χ3v) is 3.95. The second kappa shape index (κ2) is 7.06. The van der Waals surface area contributed by atoms with Crippen molar-refractivity contribution >= 4 is 0 Å². The maximum absolute atomic E-state index is 9.37. The zero-order valence-corrected chi connectivity index (χ0v) is 13.0. The van der Waals surface area contributed by atoms with Gasteiger partial charge in [-0.1, -0.05) is 58.9 Å². The summed E-state index contributed by atoms with van der Waals surface area (Å²) in [6, 6.07) is 9.05. The van der Waals surface area contributed by atoms with Gasteiger partial charge in [0.15, 0.2) is 0 Å². The minimum Gasteiger partial charge on any atom is -0.395 e. The summed E-state index contributed by atoms with van der Waals surface area (Å²) in [6.07, 6.45) is 1.08. The molecular formula is C17H29NO. The van der Waals surface area contributed by atoms with E-state index >= 15 is 0 Å². The highest BCUT2D eigenvalue weighted by Crippen LogP contribution is 2.23. The Bertz CT molecular complexity index is 367. The van der Waals surface area contributed by atoms with Gasteiger partial charge in [0.2, 0.25) is 0 Å². The van der Waals surface area contributed by atoms with E-state index in [0.717, 1.165) is 13.0 Å². The number of aliphatic hydroxyl groups is 1. The largest absolute Gasteiger partial charge is 0.395 e. The average Bonchev–Trinajstić information content (AvgIpc) is 2.39. The Kier molecular flexibility index (Phi) is 6.02. The SMILES string of the molecule is CCc1ccc(C(C)(C)CNC(CO)C(C)C)cc1. The van der Waals surface area contributed by atoms with Gasteiger partial charge in [-0.3, -0.25) is 0 Å². The molecule has 0 aliphatic rings. The van der Waals surface area contributed by atoms with Crippen LogP contribution in [0.3, 0.4) is 0 Å². The zero-order chi connectivity index (χ0) is 14.5. The number of aliphatic hydroxyl groups excluding tert-OH is 1. The third-order valence-electron chi connectivity index (χ3n) is 3.95. The summed E-state index contributed by atoms with van der Waals surface area (Å²) in [5.74, 6) is 0.447. The maximum Gasteiger partial charge on any atom is 0.0587 e. The van der Waals surface area contributed by atoms with Crippen molar-refractivity contribution in [2.45, 2.75) is 52.5 Å². The topological polar surface area (TPSA) is 32.3 Å². The number of benzene rings is 1. The summed E-state index contributed by atoms with van der Waals surface area (Å²) in [5, 5.41) is 12.9. The van der Waals surface area contributed by atoms with Gasteiger partial charge in [-0.2, -0.15) is 0 Å². The first kappa shape index (κ1) is 16.2. The summed E-state index contributed by atoms with van der Waals surface area (Å²) < 4.78 is 0. The van der Waals surface area contributed by atoms with Gasteiger partial charge < -0.3 is 10.4 Å². The monoisotopic (exact) mass is 263 g/mol. The van der Waals surface area contributed by atoms with Crippen LogP contribution in [-0.2, 0) is 11.8 Å².